The minimum atomic E-state index is -0.445. The lowest BCUT2D eigenvalue weighted by Gasteiger charge is -2.10. The lowest BCUT2D eigenvalue weighted by atomic mass is 10.2. The van der Waals surface area contributed by atoms with Gasteiger partial charge in [0.15, 0.2) is 11.5 Å². The van der Waals surface area contributed by atoms with Gasteiger partial charge in [-0.1, -0.05) is 18.2 Å². The monoisotopic (exact) mass is 303 g/mol. The number of carbonyl (C=O) groups excluding carboxylic acids is 1. The third kappa shape index (κ3) is 4.22. The van der Waals surface area contributed by atoms with Crippen molar-refractivity contribution >= 4 is 11.6 Å². The molecule has 22 heavy (non-hydrogen) atoms. The molecule has 5 heteroatoms. The van der Waals surface area contributed by atoms with Gasteiger partial charge in [0.1, 0.15) is 5.82 Å². The number of halogens is 1. The van der Waals surface area contributed by atoms with Gasteiger partial charge in [-0.2, -0.15) is 0 Å². The standard InChI is InChI=1S/C17H18FNO3/c1-12-7-8-14(13(18)11-12)19-17(20)9-10-22-16-6-4-3-5-15(16)21-2/h3-8,11H,9-10H2,1-2H3,(H,19,20). The van der Waals surface area contributed by atoms with Crippen LogP contribution in [0.3, 0.4) is 0 Å². The molecule has 1 amide bonds. The highest BCUT2D eigenvalue weighted by atomic mass is 19.1. The molecule has 0 unspecified atom stereocenters. The number of aryl methyl sites for hydroxylation is 1. The Labute approximate surface area is 128 Å². The van der Waals surface area contributed by atoms with E-state index in [0.29, 0.717) is 11.5 Å². The highest BCUT2D eigenvalue weighted by Gasteiger charge is 2.08. The topological polar surface area (TPSA) is 47.6 Å². The van der Waals surface area contributed by atoms with Crippen LogP contribution in [0, 0.1) is 12.7 Å². The van der Waals surface area contributed by atoms with Gasteiger partial charge in [-0.15, -0.1) is 0 Å². The summed E-state index contributed by atoms with van der Waals surface area (Å²) in [6, 6.07) is 11.8. The summed E-state index contributed by atoms with van der Waals surface area (Å²) in [7, 11) is 1.55. The molecule has 0 heterocycles. The number of anilines is 1. The average Bonchev–Trinajstić information content (AvgIpc) is 2.50. The molecule has 0 aliphatic carbocycles. The molecule has 0 aliphatic heterocycles. The van der Waals surface area contributed by atoms with Crippen LogP contribution in [-0.4, -0.2) is 19.6 Å². The predicted molar refractivity (Wildman–Crippen MR) is 82.9 cm³/mol. The quantitative estimate of drug-likeness (QED) is 0.887. The van der Waals surface area contributed by atoms with E-state index < -0.39 is 5.82 Å². The van der Waals surface area contributed by atoms with Gasteiger partial charge < -0.3 is 14.8 Å². The first-order valence-electron chi connectivity index (χ1n) is 6.92. The molecule has 2 aromatic rings. The Morgan fingerprint density at radius 2 is 1.91 bits per heavy atom. The second-order valence-electron chi connectivity index (χ2n) is 4.78. The van der Waals surface area contributed by atoms with E-state index in [9.17, 15) is 9.18 Å². The number of methoxy groups -OCH3 is 1. The molecule has 4 nitrogen and oxygen atoms in total. The van der Waals surface area contributed by atoms with Crippen LogP contribution in [0.2, 0.25) is 0 Å². The Hall–Kier alpha value is -2.56. The van der Waals surface area contributed by atoms with Gasteiger partial charge in [0.25, 0.3) is 0 Å². The number of benzene rings is 2. The fourth-order valence-corrected chi connectivity index (χ4v) is 1.93. The minimum Gasteiger partial charge on any atom is -0.493 e. The van der Waals surface area contributed by atoms with Crippen molar-refractivity contribution in [2.75, 3.05) is 19.0 Å². The van der Waals surface area contributed by atoms with Crippen molar-refractivity contribution < 1.29 is 18.7 Å². The number of nitrogens with one attached hydrogen (secondary N) is 1. The SMILES string of the molecule is COc1ccccc1OCCC(=O)Nc1ccc(C)cc1F. The van der Waals surface area contributed by atoms with Crippen LogP contribution in [0.5, 0.6) is 11.5 Å². The lowest BCUT2D eigenvalue weighted by Crippen LogP contribution is -2.16. The predicted octanol–water partition coefficient (Wildman–Crippen LogP) is 3.55. The maximum atomic E-state index is 13.6. The normalized spacial score (nSPS) is 10.1. The molecule has 0 saturated heterocycles. The van der Waals surface area contributed by atoms with E-state index in [4.69, 9.17) is 9.47 Å². The van der Waals surface area contributed by atoms with E-state index in [0.717, 1.165) is 5.56 Å². The van der Waals surface area contributed by atoms with Gasteiger partial charge in [0.05, 0.1) is 25.8 Å². The van der Waals surface area contributed by atoms with E-state index in [2.05, 4.69) is 5.32 Å². The maximum absolute atomic E-state index is 13.6. The van der Waals surface area contributed by atoms with E-state index in [1.807, 2.05) is 12.1 Å². The summed E-state index contributed by atoms with van der Waals surface area (Å²) in [5.74, 6) is 0.420. The van der Waals surface area contributed by atoms with Crippen LogP contribution in [0.4, 0.5) is 10.1 Å². The number of rotatable bonds is 6. The fourth-order valence-electron chi connectivity index (χ4n) is 1.93. The third-order valence-electron chi connectivity index (χ3n) is 3.05. The van der Waals surface area contributed by atoms with Gasteiger partial charge in [0, 0.05) is 0 Å². The molecule has 1 N–H and O–H groups in total. The maximum Gasteiger partial charge on any atom is 0.227 e. The van der Waals surface area contributed by atoms with Gasteiger partial charge in [-0.05, 0) is 36.8 Å². The Morgan fingerprint density at radius 3 is 2.59 bits per heavy atom. The van der Waals surface area contributed by atoms with Gasteiger partial charge in [-0.3, -0.25) is 4.79 Å². The van der Waals surface area contributed by atoms with Crippen LogP contribution in [-0.2, 0) is 4.79 Å². The molecule has 2 aromatic carbocycles. The van der Waals surface area contributed by atoms with Gasteiger partial charge in [0.2, 0.25) is 5.91 Å². The molecule has 0 atom stereocenters. The summed E-state index contributed by atoms with van der Waals surface area (Å²) in [5.41, 5.74) is 0.975. The first-order chi connectivity index (χ1) is 10.6. The molecular formula is C17H18FNO3. The number of hydrogen-bond donors (Lipinski definition) is 1. The highest BCUT2D eigenvalue weighted by molar-refractivity contribution is 5.90. The van der Waals surface area contributed by atoms with Crippen molar-refractivity contribution in [2.24, 2.45) is 0 Å². The zero-order valence-corrected chi connectivity index (χ0v) is 12.6. The van der Waals surface area contributed by atoms with Crippen molar-refractivity contribution in [1.29, 1.82) is 0 Å². The highest BCUT2D eigenvalue weighted by Crippen LogP contribution is 2.25. The number of para-hydroxylation sites is 2. The van der Waals surface area contributed by atoms with E-state index in [1.54, 1.807) is 38.3 Å². The molecule has 0 fully saturated rings. The van der Waals surface area contributed by atoms with Crippen molar-refractivity contribution in [3.63, 3.8) is 0 Å². The Kier molecular flexibility index (Phi) is 5.36. The summed E-state index contributed by atoms with van der Waals surface area (Å²) in [4.78, 5) is 11.8. The van der Waals surface area contributed by atoms with Crippen LogP contribution in [0.1, 0.15) is 12.0 Å². The molecule has 0 saturated carbocycles. The molecule has 2 rings (SSSR count). The second kappa shape index (κ2) is 7.45. The Morgan fingerprint density at radius 1 is 1.18 bits per heavy atom. The summed E-state index contributed by atoms with van der Waals surface area (Å²) >= 11 is 0. The van der Waals surface area contributed by atoms with Gasteiger partial charge in [-0.25, -0.2) is 4.39 Å². The largest absolute Gasteiger partial charge is 0.493 e. The first kappa shape index (κ1) is 15.8. The van der Waals surface area contributed by atoms with Crippen molar-refractivity contribution in [1.82, 2.24) is 0 Å². The smallest absolute Gasteiger partial charge is 0.227 e. The number of hydrogen-bond acceptors (Lipinski definition) is 3. The number of amides is 1. The van der Waals surface area contributed by atoms with Crippen LogP contribution < -0.4 is 14.8 Å². The zero-order chi connectivity index (χ0) is 15.9. The zero-order valence-electron chi connectivity index (χ0n) is 12.6. The van der Waals surface area contributed by atoms with Crippen LogP contribution >= 0.6 is 0 Å². The molecule has 0 radical (unpaired) electrons. The second-order valence-corrected chi connectivity index (χ2v) is 4.78. The van der Waals surface area contributed by atoms with E-state index in [-0.39, 0.29) is 24.6 Å². The van der Waals surface area contributed by atoms with Crippen LogP contribution in [0.15, 0.2) is 42.5 Å². The van der Waals surface area contributed by atoms with Crippen LogP contribution in [0.25, 0.3) is 0 Å². The summed E-state index contributed by atoms with van der Waals surface area (Å²) in [6.45, 7) is 1.97. The fraction of sp³-hybridized carbons (Fsp3) is 0.235. The average molecular weight is 303 g/mol. The summed E-state index contributed by atoms with van der Waals surface area (Å²) < 4.78 is 24.3. The van der Waals surface area contributed by atoms with Crippen molar-refractivity contribution in [3.05, 3.63) is 53.8 Å². The van der Waals surface area contributed by atoms with E-state index in [1.165, 1.54) is 6.07 Å². The van der Waals surface area contributed by atoms with Gasteiger partial charge >= 0.3 is 0 Å². The van der Waals surface area contributed by atoms with E-state index >= 15 is 0 Å². The Bertz CT molecular complexity index is 658. The van der Waals surface area contributed by atoms with Crippen molar-refractivity contribution in [3.8, 4) is 11.5 Å². The molecule has 116 valence electrons. The first-order valence-corrected chi connectivity index (χ1v) is 6.92. The molecule has 0 aliphatic rings. The molecule has 0 aromatic heterocycles. The third-order valence-corrected chi connectivity index (χ3v) is 3.05. The number of carbonyl (C=O) groups is 1. The summed E-state index contributed by atoms with van der Waals surface area (Å²) in [5, 5.41) is 2.53. The number of ether oxygens (including phenoxy) is 2. The van der Waals surface area contributed by atoms with Crippen molar-refractivity contribution in [2.45, 2.75) is 13.3 Å². The molecule has 0 spiro atoms. The lowest BCUT2D eigenvalue weighted by molar-refractivity contribution is -0.116. The molecule has 0 bridgehead atoms. The summed E-state index contributed by atoms with van der Waals surface area (Å²) in [6.07, 6.45) is 0.116. The minimum absolute atomic E-state index is 0.116. The Balaban J connectivity index is 1.85. The molecular weight excluding hydrogens is 285 g/mol.